The lowest BCUT2D eigenvalue weighted by Gasteiger charge is -2.39. The summed E-state index contributed by atoms with van der Waals surface area (Å²) < 4.78 is 6.34. The Bertz CT molecular complexity index is 635. The highest BCUT2D eigenvalue weighted by molar-refractivity contribution is 5.78. The zero-order chi connectivity index (χ0) is 19.4. The molecule has 3 aliphatic heterocycles. The van der Waals surface area contributed by atoms with Crippen LogP contribution in [0.25, 0.3) is 0 Å². The van der Waals surface area contributed by atoms with Crippen LogP contribution in [-0.4, -0.2) is 73.7 Å². The minimum Gasteiger partial charge on any atom is -0.373 e. The minimum atomic E-state index is -0.0346. The van der Waals surface area contributed by atoms with Crippen molar-refractivity contribution >= 4 is 11.6 Å². The molecule has 1 spiro atoms. The van der Waals surface area contributed by atoms with Crippen molar-refractivity contribution in [2.45, 2.75) is 56.6 Å². The van der Waals surface area contributed by atoms with Gasteiger partial charge in [0.25, 0.3) is 0 Å². The average Bonchev–Trinajstić information content (AvgIpc) is 2.96. The molecular weight excluding hydrogens is 350 g/mol. The summed E-state index contributed by atoms with van der Waals surface area (Å²) in [6.07, 6.45) is 8.10. The van der Waals surface area contributed by atoms with Gasteiger partial charge in [0.05, 0.1) is 24.8 Å². The largest absolute Gasteiger partial charge is 0.373 e. The molecule has 0 bridgehead atoms. The zero-order valence-corrected chi connectivity index (χ0v) is 17.3. The Morgan fingerprint density at radius 1 is 1.07 bits per heavy atom. The van der Waals surface area contributed by atoms with Crippen molar-refractivity contribution in [3.8, 4) is 0 Å². The molecule has 1 aromatic rings. The molecule has 5 heteroatoms. The van der Waals surface area contributed by atoms with Crippen molar-refractivity contribution < 1.29 is 9.53 Å². The number of ether oxygens (including phenoxy) is 1. The molecule has 0 N–H and O–H groups in total. The summed E-state index contributed by atoms with van der Waals surface area (Å²) in [4.78, 5) is 19.6. The Balaban J connectivity index is 1.27. The van der Waals surface area contributed by atoms with E-state index in [0.717, 1.165) is 52.0 Å². The molecule has 1 unspecified atom stereocenters. The van der Waals surface area contributed by atoms with Gasteiger partial charge >= 0.3 is 0 Å². The molecule has 1 atom stereocenters. The number of para-hydroxylation sites is 1. The van der Waals surface area contributed by atoms with E-state index in [-0.39, 0.29) is 5.60 Å². The summed E-state index contributed by atoms with van der Waals surface area (Å²) in [5, 5.41) is 0. The number of likely N-dealkylation sites (tertiary alicyclic amines) is 2. The van der Waals surface area contributed by atoms with E-state index in [1.807, 2.05) is 0 Å². The smallest absolute Gasteiger partial charge is 0.236 e. The molecule has 0 aromatic heterocycles. The third-order valence-electron chi connectivity index (χ3n) is 6.99. The molecule has 0 aliphatic carbocycles. The Morgan fingerprint density at radius 2 is 1.75 bits per heavy atom. The summed E-state index contributed by atoms with van der Waals surface area (Å²) in [7, 11) is 2.17. The van der Waals surface area contributed by atoms with Crippen LogP contribution >= 0.6 is 0 Å². The molecular formula is C23H35N3O2. The van der Waals surface area contributed by atoms with E-state index in [4.69, 9.17) is 4.74 Å². The summed E-state index contributed by atoms with van der Waals surface area (Å²) in [5.41, 5.74) is 1.21. The van der Waals surface area contributed by atoms with Crippen molar-refractivity contribution in [1.82, 2.24) is 9.80 Å². The topological polar surface area (TPSA) is 36.0 Å². The lowest BCUT2D eigenvalue weighted by atomic mass is 9.87. The second kappa shape index (κ2) is 8.83. The first-order chi connectivity index (χ1) is 13.7. The van der Waals surface area contributed by atoms with Crippen LogP contribution in [0.1, 0.15) is 44.9 Å². The van der Waals surface area contributed by atoms with Gasteiger partial charge in [-0.05, 0) is 57.3 Å². The number of rotatable bonds is 4. The highest BCUT2D eigenvalue weighted by Crippen LogP contribution is 2.38. The Hall–Kier alpha value is -1.59. The number of carbonyl (C=O) groups excluding carboxylic acids is 1. The van der Waals surface area contributed by atoms with Gasteiger partial charge in [0.1, 0.15) is 0 Å². The molecule has 1 amide bonds. The van der Waals surface area contributed by atoms with E-state index < -0.39 is 0 Å². The maximum absolute atomic E-state index is 12.8. The number of amides is 1. The van der Waals surface area contributed by atoms with Gasteiger partial charge < -0.3 is 14.5 Å². The fraction of sp³-hybridized carbons (Fsp3) is 0.696. The first-order valence-electron chi connectivity index (χ1n) is 11.1. The molecule has 28 heavy (non-hydrogen) atoms. The molecule has 3 heterocycles. The van der Waals surface area contributed by atoms with Gasteiger partial charge in [-0.15, -0.1) is 0 Å². The third-order valence-corrected chi connectivity index (χ3v) is 6.99. The number of hydrogen-bond donors (Lipinski definition) is 0. The van der Waals surface area contributed by atoms with Crippen LogP contribution in [0.3, 0.4) is 0 Å². The number of hydrogen-bond acceptors (Lipinski definition) is 4. The first-order valence-corrected chi connectivity index (χ1v) is 11.1. The molecule has 0 saturated carbocycles. The van der Waals surface area contributed by atoms with E-state index in [0.29, 0.717) is 18.5 Å². The van der Waals surface area contributed by atoms with Gasteiger partial charge in [0.15, 0.2) is 0 Å². The average molecular weight is 386 g/mol. The Kier molecular flexibility index (Phi) is 6.22. The number of nitrogens with zero attached hydrogens (tertiary/aromatic N) is 3. The minimum absolute atomic E-state index is 0.0346. The van der Waals surface area contributed by atoms with Crippen LogP contribution in [0.2, 0.25) is 0 Å². The quantitative estimate of drug-likeness (QED) is 0.798. The number of likely N-dealkylation sites (N-methyl/N-ethyl adjacent to an activating group) is 1. The summed E-state index contributed by atoms with van der Waals surface area (Å²) in [6, 6.07) is 11.0. The van der Waals surface area contributed by atoms with Gasteiger partial charge in [-0.3, -0.25) is 9.69 Å². The molecule has 0 radical (unpaired) electrons. The van der Waals surface area contributed by atoms with Gasteiger partial charge in [-0.1, -0.05) is 31.0 Å². The third kappa shape index (κ3) is 4.52. The van der Waals surface area contributed by atoms with Crippen LogP contribution < -0.4 is 4.90 Å². The van der Waals surface area contributed by atoms with Crippen LogP contribution in [0.5, 0.6) is 0 Å². The molecule has 4 rings (SSSR count). The molecule has 3 fully saturated rings. The van der Waals surface area contributed by atoms with E-state index in [1.54, 1.807) is 0 Å². The Labute approximate surface area is 169 Å². The number of anilines is 1. The standard InChI is InChI=1S/C23H35N3O2/c1-24(20-9-5-4-6-10-20)21-17-23(28-19-21)11-15-26(16-12-23)22(27)18-25-13-7-2-3-8-14-25/h4-6,9-10,21H,2-3,7-8,11-19H2,1H3. The monoisotopic (exact) mass is 385 g/mol. The Morgan fingerprint density at radius 3 is 2.43 bits per heavy atom. The van der Waals surface area contributed by atoms with Gasteiger partial charge in [-0.2, -0.15) is 0 Å². The van der Waals surface area contributed by atoms with Gasteiger partial charge in [0, 0.05) is 25.8 Å². The predicted molar refractivity (Wildman–Crippen MR) is 113 cm³/mol. The van der Waals surface area contributed by atoms with Crippen molar-refractivity contribution in [2.24, 2.45) is 0 Å². The maximum Gasteiger partial charge on any atom is 0.236 e. The molecule has 3 aliphatic rings. The fourth-order valence-corrected chi connectivity index (χ4v) is 5.04. The molecule has 1 aromatic carbocycles. The van der Waals surface area contributed by atoms with Gasteiger partial charge in [0.2, 0.25) is 5.91 Å². The van der Waals surface area contributed by atoms with Gasteiger partial charge in [-0.25, -0.2) is 0 Å². The van der Waals surface area contributed by atoms with Crippen molar-refractivity contribution in [3.63, 3.8) is 0 Å². The SMILES string of the molecule is CN(c1ccccc1)C1COC2(CCN(C(=O)CN3CCCCCC3)CC2)C1. The van der Waals surface area contributed by atoms with E-state index in [2.05, 4.69) is 52.1 Å². The molecule has 3 saturated heterocycles. The molecule has 5 nitrogen and oxygen atoms in total. The van der Waals surface area contributed by atoms with Crippen LogP contribution in [-0.2, 0) is 9.53 Å². The highest BCUT2D eigenvalue weighted by atomic mass is 16.5. The lowest BCUT2D eigenvalue weighted by Crippen LogP contribution is -2.49. The van der Waals surface area contributed by atoms with Crippen molar-refractivity contribution in [2.75, 3.05) is 51.3 Å². The number of piperidine rings is 1. The fourth-order valence-electron chi connectivity index (χ4n) is 5.04. The first kappa shape index (κ1) is 19.7. The second-order valence-electron chi connectivity index (χ2n) is 8.87. The summed E-state index contributed by atoms with van der Waals surface area (Å²) in [6.45, 7) is 5.24. The van der Waals surface area contributed by atoms with Crippen molar-refractivity contribution in [1.29, 1.82) is 0 Å². The zero-order valence-electron chi connectivity index (χ0n) is 17.3. The van der Waals surface area contributed by atoms with Crippen LogP contribution in [0, 0.1) is 0 Å². The van der Waals surface area contributed by atoms with E-state index in [9.17, 15) is 4.79 Å². The number of carbonyl (C=O) groups is 1. The maximum atomic E-state index is 12.8. The normalized spacial score (nSPS) is 25.6. The van der Waals surface area contributed by atoms with E-state index in [1.165, 1.54) is 31.4 Å². The molecule has 154 valence electrons. The number of benzene rings is 1. The highest BCUT2D eigenvalue weighted by Gasteiger charge is 2.44. The van der Waals surface area contributed by atoms with Crippen LogP contribution in [0.4, 0.5) is 5.69 Å². The summed E-state index contributed by atoms with van der Waals surface area (Å²) in [5.74, 6) is 0.313. The van der Waals surface area contributed by atoms with E-state index >= 15 is 0 Å². The van der Waals surface area contributed by atoms with Crippen LogP contribution in [0.15, 0.2) is 30.3 Å². The lowest BCUT2D eigenvalue weighted by molar-refractivity contribution is -0.137. The summed E-state index contributed by atoms with van der Waals surface area (Å²) >= 11 is 0. The van der Waals surface area contributed by atoms with Crippen molar-refractivity contribution in [3.05, 3.63) is 30.3 Å². The second-order valence-corrected chi connectivity index (χ2v) is 8.87. The predicted octanol–water partition coefficient (Wildman–Crippen LogP) is 3.15.